The lowest BCUT2D eigenvalue weighted by atomic mass is 10.1. The Balaban J connectivity index is 2.13. The lowest BCUT2D eigenvalue weighted by Gasteiger charge is -2.14. The molecule has 0 N–H and O–H groups in total. The molecule has 0 saturated heterocycles. The Labute approximate surface area is 108 Å². The number of methoxy groups -OCH3 is 1. The van der Waals surface area contributed by atoms with Crippen LogP contribution in [0.2, 0.25) is 0 Å². The number of hydrogen-bond acceptors (Lipinski definition) is 5. The fraction of sp³-hybridized carbons (Fsp3) is 0.333. The van der Waals surface area contributed by atoms with Crippen LogP contribution in [0.25, 0.3) is 0 Å². The van der Waals surface area contributed by atoms with Gasteiger partial charge in [-0.25, -0.2) is 0 Å². The Kier molecular flexibility index (Phi) is 3.46. The maximum absolute atomic E-state index is 12.0. The summed E-state index contributed by atoms with van der Waals surface area (Å²) in [7, 11) is 1.28. The molecule has 1 heterocycles. The highest BCUT2D eigenvalue weighted by atomic mass is 16.6. The number of nitro groups is 1. The average Bonchev–Trinajstić information content (AvgIpc) is 2.72. The van der Waals surface area contributed by atoms with Gasteiger partial charge in [-0.15, -0.1) is 0 Å². The van der Waals surface area contributed by atoms with Crippen LogP contribution < -0.4 is 0 Å². The van der Waals surface area contributed by atoms with Gasteiger partial charge >= 0.3 is 5.97 Å². The maximum atomic E-state index is 12.0. The number of nitrogens with zero attached hydrogens (tertiary/aromatic N) is 2. The van der Waals surface area contributed by atoms with Crippen LogP contribution in [0, 0.1) is 10.1 Å². The molecule has 0 aromatic heterocycles. The summed E-state index contributed by atoms with van der Waals surface area (Å²) in [5, 5.41) is 10.7. The predicted molar refractivity (Wildman–Crippen MR) is 64.5 cm³/mol. The quantitative estimate of drug-likeness (QED) is 0.461. The number of amides is 1. The fourth-order valence-corrected chi connectivity index (χ4v) is 1.97. The smallest absolute Gasteiger partial charge is 0.307 e. The van der Waals surface area contributed by atoms with E-state index in [0.717, 1.165) is 5.56 Å². The van der Waals surface area contributed by atoms with Crippen LogP contribution in [-0.4, -0.2) is 35.4 Å². The Bertz CT molecular complexity index is 555. The van der Waals surface area contributed by atoms with E-state index in [1.54, 1.807) is 6.07 Å². The molecule has 1 aliphatic heterocycles. The number of rotatable bonds is 4. The number of esters is 1. The Hall–Kier alpha value is -2.44. The second-order valence-corrected chi connectivity index (χ2v) is 4.15. The Morgan fingerprint density at radius 1 is 1.53 bits per heavy atom. The van der Waals surface area contributed by atoms with Gasteiger partial charge in [-0.2, -0.15) is 0 Å². The van der Waals surface area contributed by atoms with Crippen molar-refractivity contribution in [1.82, 2.24) is 4.90 Å². The molecule has 0 atom stereocenters. The fourth-order valence-electron chi connectivity index (χ4n) is 1.97. The third kappa shape index (κ3) is 2.54. The highest BCUT2D eigenvalue weighted by Crippen LogP contribution is 2.26. The van der Waals surface area contributed by atoms with Crippen LogP contribution in [-0.2, 0) is 16.1 Å². The summed E-state index contributed by atoms with van der Waals surface area (Å²) in [5.41, 5.74) is 0.960. The third-order valence-corrected chi connectivity index (χ3v) is 3.00. The molecule has 2 rings (SSSR count). The van der Waals surface area contributed by atoms with Gasteiger partial charge in [0.15, 0.2) is 0 Å². The molecular formula is C12H12N2O5. The van der Waals surface area contributed by atoms with Crippen molar-refractivity contribution in [3.8, 4) is 0 Å². The van der Waals surface area contributed by atoms with Crippen LogP contribution in [0.4, 0.5) is 5.69 Å². The number of hydrogen-bond donors (Lipinski definition) is 0. The first-order valence-corrected chi connectivity index (χ1v) is 5.66. The minimum Gasteiger partial charge on any atom is -0.469 e. The van der Waals surface area contributed by atoms with Crippen LogP contribution in [0.15, 0.2) is 18.2 Å². The number of benzene rings is 1. The zero-order valence-electron chi connectivity index (χ0n) is 10.3. The molecule has 1 amide bonds. The molecule has 0 saturated carbocycles. The summed E-state index contributed by atoms with van der Waals surface area (Å²) >= 11 is 0. The Morgan fingerprint density at radius 2 is 2.26 bits per heavy atom. The van der Waals surface area contributed by atoms with Gasteiger partial charge in [-0.1, -0.05) is 0 Å². The van der Waals surface area contributed by atoms with Crippen molar-refractivity contribution in [3.63, 3.8) is 0 Å². The third-order valence-electron chi connectivity index (χ3n) is 3.00. The average molecular weight is 264 g/mol. The number of carbonyl (C=O) groups is 2. The molecule has 0 bridgehead atoms. The standard InChI is InChI=1S/C12H12N2O5/c1-19-11(15)4-5-13-7-8-2-3-9(14(17)18)6-10(8)12(13)16/h2-3,6H,4-5,7H2,1H3. The van der Waals surface area contributed by atoms with Gasteiger partial charge in [0.2, 0.25) is 0 Å². The van der Waals surface area contributed by atoms with Gasteiger partial charge in [0.25, 0.3) is 11.6 Å². The van der Waals surface area contributed by atoms with Gasteiger partial charge < -0.3 is 9.64 Å². The molecule has 1 aromatic rings. The monoisotopic (exact) mass is 264 g/mol. The second kappa shape index (κ2) is 5.05. The summed E-state index contributed by atoms with van der Waals surface area (Å²) < 4.78 is 4.51. The van der Waals surface area contributed by atoms with Crippen molar-refractivity contribution < 1.29 is 19.2 Å². The number of non-ortho nitro benzene ring substituents is 1. The van der Waals surface area contributed by atoms with E-state index >= 15 is 0 Å². The minimum atomic E-state index is -0.537. The van der Waals surface area contributed by atoms with Crippen molar-refractivity contribution in [1.29, 1.82) is 0 Å². The first-order chi connectivity index (χ1) is 9.02. The van der Waals surface area contributed by atoms with E-state index in [0.29, 0.717) is 12.1 Å². The van der Waals surface area contributed by atoms with Gasteiger partial charge in [0, 0.05) is 25.2 Å². The molecule has 100 valence electrons. The number of carbonyl (C=O) groups excluding carboxylic acids is 2. The van der Waals surface area contributed by atoms with Crippen LogP contribution in [0.3, 0.4) is 0 Å². The second-order valence-electron chi connectivity index (χ2n) is 4.15. The van der Waals surface area contributed by atoms with Gasteiger partial charge in [0.05, 0.1) is 24.0 Å². The van der Waals surface area contributed by atoms with Crippen molar-refractivity contribution in [2.75, 3.05) is 13.7 Å². The van der Waals surface area contributed by atoms with Crippen LogP contribution in [0.5, 0.6) is 0 Å². The minimum absolute atomic E-state index is 0.109. The van der Waals surface area contributed by atoms with Crippen LogP contribution >= 0.6 is 0 Å². The zero-order chi connectivity index (χ0) is 14.0. The van der Waals surface area contributed by atoms with Crippen molar-refractivity contribution in [2.45, 2.75) is 13.0 Å². The molecule has 7 nitrogen and oxygen atoms in total. The molecule has 0 unspecified atom stereocenters. The Morgan fingerprint density at radius 3 is 2.89 bits per heavy atom. The van der Waals surface area contributed by atoms with E-state index in [4.69, 9.17) is 0 Å². The normalized spacial score (nSPS) is 13.3. The molecule has 0 fully saturated rings. The molecule has 19 heavy (non-hydrogen) atoms. The first kappa shape index (κ1) is 13.0. The van der Waals surface area contributed by atoms with E-state index in [9.17, 15) is 19.7 Å². The SMILES string of the molecule is COC(=O)CCN1Cc2ccc([N+](=O)[O-])cc2C1=O. The molecule has 0 aliphatic carbocycles. The van der Waals surface area contributed by atoms with Crippen LogP contribution in [0.1, 0.15) is 22.3 Å². The highest BCUT2D eigenvalue weighted by molar-refractivity contribution is 5.99. The molecule has 1 aliphatic rings. The lowest BCUT2D eigenvalue weighted by Crippen LogP contribution is -2.26. The van der Waals surface area contributed by atoms with E-state index < -0.39 is 10.9 Å². The largest absolute Gasteiger partial charge is 0.469 e. The first-order valence-electron chi connectivity index (χ1n) is 5.66. The molecule has 0 radical (unpaired) electrons. The summed E-state index contributed by atoms with van der Waals surface area (Å²) in [6.45, 7) is 0.608. The van der Waals surface area contributed by atoms with E-state index in [1.165, 1.54) is 24.1 Å². The van der Waals surface area contributed by atoms with Gasteiger partial charge in [0.1, 0.15) is 0 Å². The van der Waals surface area contributed by atoms with Gasteiger partial charge in [-0.3, -0.25) is 19.7 Å². The number of ether oxygens (including phenoxy) is 1. The van der Waals surface area contributed by atoms with E-state index in [2.05, 4.69) is 4.74 Å². The molecule has 0 spiro atoms. The van der Waals surface area contributed by atoms with Crippen molar-refractivity contribution in [3.05, 3.63) is 39.4 Å². The topological polar surface area (TPSA) is 89.8 Å². The lowest BCUT2D eigenvalue weighted by molar-refractivity contribution is -0.384. The van der Waals surface area contributed by atoms with E-state index in [1.807, 2.05) is 0 Å². The zero-order valence-corrected chi connectivity index (χ0v) is 10.3. The summed E-state index contributed by atoms with van der Waals surface area (Å²) in [4.78, 5) is 34.7. The summed E-state index contributed by atoms with van der Waals surface area (Å²) in [5.74, 6) is -0.683. The van der Waals surface area contributed by atoms with Crippen molar-refractivity contribution >= 4 is 17.6 Å². The summed E-state index contributed by atoms with van der Waals surface area (Å²) in [6, 6.07) is 4.22. The number of nitro benzene ring substituents is 1. The highest BCUT2D eigenvalue weighted by Gasteiger charge is 2.29. The summed E-state index contributed by atoms with van der Waals surface area (Å²) in [6.07, 6.45) is 0.109. The van der Waals surface area contributed by atoms with Gasteiger partial charge in [-0.05, 0) is 11.6 Å². The molecular weight excluding hydrogens is 252 g/mol. The maximum Gasteiger partial charge on any atom is 0.307 e. The number of fused-ring (bicyclic) bond motifs is 1. The predicted octanol–water partition coefficient (Wildman–Crippen LogP) is 1.11. The van der Waals surface area contributed by atoms with Crippen molar-refractivity contribution in [2.24, 2.45) is 0 Å². The molecule has 1 aromatic carbocycles. The van der Waals surface area contributed by atoms with E-state index in [-0.39, 0.29) is 24.6 Å². The molecule has 7 heteroatoms.